The molecule has 0 aliphatic rings. The summed E-state index contributed by atoms with van der Waals surface area (Å²) in [6, 6.07) is 17.5. The van der Waals surface area contributed by atoms with E-state index in [1.54, 1.807) is 18.2 Å². The molecule has 0 fully saturated rings. The Kier molecular flexibility index (Phi) is 11.2. The van der Waals surface area contributed by atoms with E-state index in [0.717, 1.165) is 28.3 Å². The first-order valence-corrected chi connectivity index (χ1v) is 11.4. The predicted molar refractivity (Wildman–Crippen MR) is 143 cm³/mol. The molecule has 3 aromatic carbocycles. The average Bonchev–Trinajstić information content (AvgIpc) is 2.84. The number of allylic oxidation sites excluding steroid dienone is 1. The van der Waals surface area contributed by atoms with E-state index in [9.17, 15) is 5.11 Å². The minimum atomic E-state index is 0. The van der Waals surface area contributed by atoms with E-state index < -0.39 is 0 Å². The van der Waals surface area contributed by atoms with Crippen molar-refractivity contribution >= 4 is 6.29 Å². The predicted octanol–water partition coefficient (Wildman–Crippen LogP) is 6.31. The summed E-state index contributed by atoms with van der Waals surface area (Å²) in [6.07, 6.45) is 2.51. The molecule has 0 spiro atoms. The molecular weight excluding hydrogens is 688 g/mol. The number of nitrogens with zero attached hydrogens (tertiary/aromatic N) is 3. The number of rotatable bonds is 6. The van der Waals surface area contributed by atoms with E-state index in [0.29, 0.717) is 28.8 Å². The second-order valence-corrected chi connectivity index (χ2v) is 8.29. The van der Waals surface area contributed by atoms with Gasteiger partial charge in [-0.1, -0.05) is 47.5 Å². The SMILES string of the molecule is C=C[C-]=O.[CH2-]COc1ccc(-c2nc(-c3ccc(C)cc3C)nc(-c3ccc(C)cc3C)n2)c(O)c1.[U+2]. The topological polar surface area (TPSA) is 85.2 Å². The zero-order valence-electron chi connectivity index (χ0n) is 21.5. The third-order valence-electron chi connectivity index (χ3n) is 5.44. The van der Waals surface area contributed by atoms with Crippen LogP contribution >= 0.6 is 0 Å². The summed E-state index contributed by atoms with van der Waals surface area (Å²) >= 11 is 0. The average molecular weight is 718 g/mol. The number of phenolic OH excluding ortho intramolecular Hbond substituents is 1. The zero-order chi connectivity index (χ0) is 26.2. The summed E-state index contributed by atoms with van der Waals surface area (Å²) < 4.78 is 5.39. The molecule has 1 heterocycles. The number of hydrogen-bond acceptors (Lipinski definition) is 6. The number of aryl methyl sites for hydroxylation is 4. The van der Waals surface area contributed by atoms with Gasteiger partial charge in [-0.15, -0.1) is 0 Å². The van der Waals surface area contributed by atoms with Crippen LogP contribution in [0, 0.1) is 65.7 Å². The maximum absolute atomic E-state index is 10.7. The summed E-state index contributed by atoms with van der Waals surface area (Å²) in [5.74, 6) is 2.13. The molecule has 0 atom stereocenters. The van der Waals surface area contributed by atoms with E-state index in [-0.39, 0.29) is 43.5 Å². The quantitative estimate of drug-likeness (QED) is 0.186. The summed E-state index contributed by atoms with van der Waals surface area (Å²) in [7, 11) is 0. The smallest absolute Gasteiger partial charge is 0.525 e. The van der Waals surface area contributed by atoms with Crippen molar-refractivity contribution in [1.29, 1.82) is 0 Å². The first-order chi connectivity index (χ1) is 17.3. The maximum Gasteiger partial charge on any atom is 2.00 e. The Hall–Kier alpha value is -3.27. The van der Waals surface area contributed by atoms with Gasteiger partial charge in [-0.25, -0.2) is 27.6 Å². The Labute approximate surface area is 242 Å². The number of hydrogen-bond donors (Lipinski definition) is 1. The number of ether oxygens (including phenoxy) is 1. The Bertz CT molecular complexity index is 1330. The molecule has 0 saturated heterocycles. The van der Waals surface area contributed by atoms with Crippen LogP contribution < -0.4 is 4.74 Å². The van der Waals surface area contributed by atoms with E-state index >= 15 is 0 Å². The molecule has 1 aromatic heterocycles. The van der Waals surface area contributed by atoms with E-state index in [2.05, 4.69) is 39.5 Å². The third-order valence-corrected chi connectivity index (χ3v) is 5.44. The van der Waals surface area contributed by atoms with Crippen LogP contribution in [0.3, 0.4) is 0 Å². The van der Waals surface area contributed by atoms with Crippen molar-refractivity contribution in [2.24, 2.45) is 0 Å². The van der Waals surface area contributed by atoms with Crippen molar-refractivity contribution < 1.29 is 45.8 Å². The number of aromatic nitrogens is 3. The molecule has 37 heavy (non-hydrogen) atoms. The van der Waals surface area contributed by atoms with Crippen molar-refractivity contribution in [3.63, 3.8) is 0 Å². The van der Waals surface area contributed by atoms with Crippen molar-refractivity contribution in [1.82, 2.24) is 15.0 Å². The minimum absolute atomic E-state index is 0. The van der Waals surface area contributed by atoms with Gasteiger partial charge >= 0.3 is 31.1 Å². The molecule has 0 bridgehead atoms. The normalized spacial score (nSPS) is 9.97. The Morgan fingerprint density at radius 1 is 0.838 bits per heavy atom. The molecule has 0 radical (unpaired) electrons. The van der Waals surface area contributed by atoms with Gasteiger partial charge in [-0.05, 0) is 63.8 Å². The van der Waals surface area contributed by atoms with Crippen LogP contribution in [-0.2, 0) is 4.79 Å². The molecule has 0 aliphatic heterocycles. The van der Waals surface area contributed by atoms with Gasteiger partial charge in [0.25, 0.3) is 0 Å². The molecule has 0 saturated carbocycles. The molecule has 7 heteroatoms. The molecule has 0 amide bonds. The molecule has 4 rings (SSSR count). The van der Waals surface area contributed by atoms with Crippen LogP contribution in [0.25, 0.3) is 34.2 Å². The van der Waals surface area contributed by atoms with Crippen molar-refractivity contribution in [3.05, 3.63) is 96.4 Å². The standard InChI is InChI=1S/C27H26N3O2.C3H3O.U/c1-6-32-20-9-12-23(24(31)15-20)27-29-25(21-10-7-16(2)13-18(21)4)28-26(30-27)22-11-8-17(3)14-19(22)5;1-2-3-4;/h7-15,31H,1,6H2,2-5H3;2H,1H2;/q2*-1;+2. The molecule has 4 aromatic rings. The van der Waals surface area contributed by atoms with Crippen LogP contribution in [0.5, 0.6) is 11.5 Å². The molecule has 0 unspecified atom stereocenters. The van der Waals surface area contributed by atoms with Crippen LogP contribution in [0.2, 0.25) is 0 Å². The fraction of sp³-hybridized carbons (Fsp3) is 0.167. The Balaban J connectivity index is 0.000000898. The van der Waals surface area contributed by atoms with Gasteiger partial charge in [0.05, 0.1) is 5.56 Å². The first-order valence-electron chi connectivity index (χ1n) is 11.4. The maximum atomic E-state index is 10.7. The van der Waals surface area contributed by atoms with Gasteiger partial charge in [0, 0.05) is 17.2 Å². The summed E-state index contributed by atoms with van der Waals surface area (Å²) in [4.78, 5) is 23.2. The number of carbonyl (C=O) groups excluding carboxylic acids is 1. The van der Waals surface area contributed by atoms with Crippen LogP contribution in [-0.4, -0.2) is 33.0 Å². The largest absolute Gasteiger partial charge is 2.00 e. The van der Waals surface area contributed by atoms with Crippen LogP contribution in [0.1, 0.15) is 22.3 Å². The Morgan fingerprint density at radius 2 is 1.27 bits per heavy atom. The second-order valence-electron chi connectivity index (χ2n) is 8.29. The second kappa shape index (κ2) is 13.9. The van der Waals surface area contributed by atoms with Crippen molar-refractivity contribution in [2.75, 3.05) is 6.61 Å². The molecule has 186 valence electrons. The van der Waals surface area contributed by atoms with E-state index in [1.807, 2.05) is 38.1 Å². The van der Waals surface area contributed by atoms with E-state index in [1.165, 1.54) is 17.4 Å². The van der Waals surface area contributed by atoms with Gasteiger partial charge in [0.1, 0.15) is 11.5 Å². The number of phenols is 1. The van der Waals surface area contributed by atoms with Gasteiger partial charge in [-0.3, -0.25) is 0 Å². The van der Waals surface area contributed by atoms with Crippen molar-refractivity contribution in [3.8, 4) is 45.7 Å². The molecule has 1 N–H and O–H groups in total. The summed E-state index contributed by atoms with van der Waals surface area (Å²) in [5, 5.41) is 10.7. The fourth-order valence-electron chi connectivity index (χ4n) is 3.77. The third kappa shape index (κ3) is 7.61. The summed E-state index contributed by atoms with van der Waals surface area (Å²) in [6.45, 7) is 15.2. The van der Waals surface area contributed by atoms with Gasteiger partial charge in [0.15, 0.2) is 17.5 Å². The first kappa shape index (κ1) is 30.0. The monoisotopic (exact) mass is 717 g/mol. The van der Waals surface area contributed by atoms with Gasteiger partial charge in [-0.2, -0.15) is 0 Å². The van der Waals surface area contributed by atoms with Gasteiger partial charge < -0.3 is 21.6 Å². The molecule has 0 aliphatic carbocycles. The molecule has 6 nitrogen and oxygen atoms in total. The van der Waals surface area contributed by atoms with Crippen LogP contribution in [0.4, 0.5) is 0 Å². The van der Waals surface area contributed by atoms with Crippen molar-refractivity contribution in [2.45, 2.75) is 27.7 Å². The van der Waals surface area contributed by atoms with Crippen LogP contribution in [0.15, 0.2) is 67.3 Å². The number of aromatic hydroxyl groups is 1. The Morgan fingerprint density at radius 3 is 1.65 bits per heavy atom. The summed E-state index contributed by atoms with van der Waals surface area (Å²) in [5.41, 5.74) is 6.89. The molecular formula is C30H29N3O3U. The van der Waals surface area contributed by atoms with Gasteiger partial charge in [0.2, 0.25) is 0 Å². The fourth-order valence-corrected chi connectivity index (χ4v) is 3.77. The minimum Gasteiger partial charge on any atom is -0.525 e. The zero-order valence-corrected chi connectivity index (χ0v) is 25.7. The van der Waals surface area contributed by atoms with E-state index in [4.69, 9.17) is 24.5 Å². The number of benzene rings is 3.